The van der Waals surface area contributed by atoms with Crippen LogP contribution in [0, 0.1) is 0 Å². The summed E-state index contributed by atoms with van der Waals surface area (Å²) in [5.74, 6) is -0.532. The molecule has 2 heterocycles. The lowest BCUT2D eigenvalue weighted by molar-refractivity contribution is 0.0934. The molecule has 2 aromatic rings. The number of carbonyl (C=O) groups is 2. The minimum Gasteiger partial charge on any atom is -0.348 e. The number of aromatic nitrogens is 2. The largest absolute Gasteiger partial charge is 0.348 e. The van der Waals surface area contributed by atoms with Crippen LogP contribution in [-0.2, 0) is 6.54 Å². The lowest BCUT2D eigenvalue weighted by atomic mass is 10.2. The van der Waals surface area contributed by atoms with E-state index in [9.17, 15) is 9.59 Å². The third kappa shape index (κ3) is 4.88. The maximum absolute atomic E-state index is 12.2. The molecular formula is C17H20N4O2. The molecule has 0 spiro atoms. The summed E-state index contributed by atoms with van der Waals surface area (Å²) in [5.41, 5.74) is 1.54. The Kier molecular flexibility index (Phi) is 5.80. The van der Waals surface area contributed by atoms with Crippen LogP contribution in [0.25, 0.3) is 0 Å². The lowest BCUT2D eigenvalue weighted by Crippen LogP contribution is -2.32. The van der Waals surface area contributed by atoms with Gasteiger partial charge in [-0.25, -0.2) is 0 Å². The van der Waals surface area contributed by atoms with Crippen LogP contribution in [0.2, 0.25) is 0 Å². The van der Waals surface area contributed by atoms with Crippen molar-refractivity contribution in [2.75, 3.05) is 0 Å². The Hall–Kier alpha value is -2.76. The molecule has 2 rings (SSSR count). The van der Waals surface area contributed by atoms with Gasteiger partial charge in [0, 0.05) is 36.7 Å². The number of carbonyl (C=O) groups excluding carboxylic acids is 2. The first-order valence-corrected chi connectivity index (χ1v) is 7.54. The van der Waals surface area contributed by atoms with Crippen molar-refractivity contribution in [3.05, 3.63) is 59.7 Å². The molecule has 23 heavy (non-hydrogen) atoms. The molecule has 1 atom stereocenters. The fourth-order valence-corrected chi connectivity index (χ4v) is 1.88. The first kappa shape index (κ1) is 16.6. The number of pyridine rings is 2. The smallest absolute Gasteiger partial charge is 0.270 e. The van der Waals surface area contributed by atoms with Gasteiger partial charge in [0.15, 0.2) is 0 Å². The molecule has 2 aromatic heterocycles. The van der Waals surface area contributed by atoms with Crippen molar-refractivity contribution in [2.24, 2.45) is 0 Å². The molecule has 0 radical (unpaired) electrons. The maximum atomic E-state index is 12.2. The Bertz CT molecular complexity index is 673. The zero-order chi connectivity index (χ0) is 16.7. The van der Waals surface area contributed by atoms with Crippen LogP contribution < -0.4 is 10.6 Å². The van der Waals surface area contributed by atoms with Gasteiger partial charge >= 0.3 is 0 Å². The van der Waals surface area contributed by atoms with E-state index in [1.165, 1.54) is 12.3 Å². The highest BCUT2D eigenvalue weighted by molar-refractivity contribution is 5.98. The molecule has 0 fully saturated rings. The summed E-state index contributed by atoms with van der Waals surface area (Å²) in [7, 11) is 0. The van der Waals surface area contributed by atoms with E-state index >= 15 is 0 Å². The summed E-state index contributed by atoms with van der Waals surface area (Å²) < 4.78 is 0. The van der Waals surface area contributed by atoms with E-state index in [2.05, 4.69) is 20.6 Å². The monoisotopic (exact) mass is 312 g/mol. The van der Waals surface area contributed by atoms with Gasteiger partial charge in [-0.1, -0.05) is 13.0 Å². The fourth-order valence-electron chi connectivity index (χ4n) is 1.88. The third-order valence-electron chi connectivity index (χ3n) is 3.42. The second-order valence-corrected chi connectivity index (χ2v) is 5.26. The average molecular weight is 312 g/mol. The molecule has 0 aliphatic heterocycles. The highest BCUT2D eigenvalue weighted by Crippen LogP contribution is 2.04. The number of amides is 2. The molecule has 0 aliphatic carbocycles. The molecule has 0 aliphatic rings. The van der Waals surface area contributed by atoms with E-state index in [1.807, 2.05) is 26.0 Å². The molecular weight excluding hydrogens is 292 g/mol. The maximum Gasteiger partial charge on any atom is 0.270 e. The van der Waals surface area contributed by atoms with Crippen molar-refractivity contribution in [1.29, 1.82) is 0 Å². The van der Waals surface area contributed by atoms with Crippen molar-refractivity contribution >= 4 is 11.8 Å². The SMILES string of the molecule is CCC(C)NC(=O)c1cc(C(=O)NCc2cccnc2)ccn1. The summed E-state index contributed by atoms with van der Waals surface area (Å²) in [4.78, 5) is 32.3. The molecule has 0 saturated heterocycles. The first-order valence-electron chi connectivity index (χ1n) is 7.54. The van der Waals surface area contributed by atoms with Crippen LogP contribution in [0.3, 0.4) is 0 Å². The van der Waals surface area contributed by atoms with Gasteiger partial charge in [0.05, 0.1) is 0 Å². The second kappa shape index (κ2) is 8.03. The number of hydrogen-bond acceptors (Lipinski definition) is 4. The van der Waals surface area contributed by atoms with E-state index in [0.717, 1.165) is 12.0 Å². The van der Waals surface area contributed by atoms with Crippen LogP contribution in [0.1, 0.15) is 46.7 Å². The minimum atomic E-state index is -0.277. The molecule has 1 unspecified atom stereocenters. The zero-order valence-electron chi connectivity index (χ0n) is 13.2. The molecule has 6 nitrogen and oxygen atoms in total. The van der Waals surface area contributed by atoms with Crippen LogP contribution in [0.15, 0.2) is 42.9 Å². The molecule has 120 valence electrons. The van der Waals surface area contributed by atoms with E-state index < -0.39 is 0 Å². The average Bonchev–Trinajstić information content (AvgIpc) is 2.60. The number of rotatable bonds is 6. The molecule has 2 N–H and O–H groups in total. The van der Waals surface area contributed by atoms with Crippen LogP contribution in [-0.4, -0.2) is 27.8 Å². The normalized spacial score (nSPS) is 11.6. The van der Waals surface area contributed by atoms with E-state index in [0.29, 0.717) is 12.1 Å². The van der Waals surface area contributed by atoms with Crippen LogP contribution in [0.4, 0.5) is 0 Å². The lowest BCUT2D eigenvalue weighted by Gasteiger charge is -2.11. The van der Waals surface area contributed by atoms with Gasteiger partial charge in [-0.15, -0.1) is 0 Å². The van der Waals surface area contributed by atoms with Crippen molar-refractivity contribution in [3.63, 3.8) is 0 Å². The molecule has 6 heteroatoms. The molecule has 0 aromatic carbocycles. The highest BCUT2D eigenvalue weighted by atomic mass is 16.2. The number of nitrogens with one attached hydrogen (secondary N) is 2. The van der Waals surface area contributed by atoms with E-state index in [1.54, 1.807) is 18.5 Å². The second-order valence-electron chi connectivity index (χ2n) is 5.26. The third-order valence-corrected chi connectivity index (χ3v) is 3.42. The van der Waals surface area contributed by atoms with Crippen LogP contribution >= 0.6 is 0 Å². The van der Waals surface area contributed by atoms with Gasteiger partial charge in [0.1, 0.15) is 5.69 Å². The van der Waals surface area contributed by atoms with E-state index in [-0.39, 0.29) is 23.6 Å². The Morgan fingerprint density at radius 3 is 2.74 bits per heavy atom. The number of hydrogen-bond donors (Lipinski definition) is 2. The first-order chi connectivity index (χ1) is 11.1. The standard InChI is InChI=1S/C17H20N4O2/c1-3-12(2)21-17(23)15-9-14(6-8-19-15)16(22)20-11-13-5-4-7-18-10-13/h4-10,12H,3,11H2,1-2H3,(H,20,22)(H,21,23). The summed E-state index contributed by atoms with van der Waals surface area (Å²) in [5, 5.41) is 5.62. The Balaban J connectivity index is 2.01. The Morgan fingerprint density at radius 2 is 2.04 bits per heavy atom. The van der Waals surface area contributed by atoms with Gasteiger partial charge in [-0.3, -0.25) is 19.6 Å². The van der Waals surface area contributed by atoms with Gasteiger partial charge in [0.2, 0.25) is 0 Å². The van der Waals surface area contributed by atoms with Gasteiger partial charge in [0.25, 0.3) is 11.8 Å². The van der Waals surface area contributed by atoms with E-state index in [4.69, 9.17) is 0 Å². The van der Waals surface area contributed by atoms with Gasteiger partial charge in [-0.05, 0) is 37.1 Å². The minimum absolute atomic E-state index is 0.0624. The zero-order valence-corrected chi connectivity index (χ0v) is 13.2. The van der Waals surface area contributed by atoms with Crippen molar-refractivity contribution < 1.29 is 9.59 Å². The summed E-state index contributed by atoms with van der Waals surface area (Å²) in [6.45, 7) is 4.28. The van der Waals surface area contributed by atoms with Gasteiger partial charge in [-0.2, -0.15) is 0 Å². The van der Waals surface area contributed by atoms with Crippen molar-refractivity contribution in [3.8, 4) is 0 Å². The van der Waals surface area contributed by atoms with Crippen molar-refractivity contribution in [1.82, 2.24) is 20.6 Å². The Labute approximate surface area is 135 Å². The predicted octanol–water partition coefficient (Wildman–Crippen LogP) is 1.93. The topological polar surface area (TPSA) is 84.0 Å². The summed E-state index contributed by atoms with van der Waals surface area (Å²) >= 11 is 0. The summed E-state index contributed by atoms with van der Waals surface area (Å²) in [6.07, 6.45) is 5.66. The molecule has 2 amide bonds. The highest BCUT2D eigenvalue weighted by Gasteiger charge is 2.13. The van der Waals surface area contributed by atoms with Gasteiger partial charge < -0.3 is 10.6 Å². The Morgan fingerprint density at radius 1 is 1.22 bits per heavy atom. The summed E-state index contributed by atoms with van der Waals surface area (Å²) in [6, 6.07) is 6.83. The fraction of sp³-hybridized carbons (Fsp3) is 0.294. The number of nitrogens with zero attached hydrogens (tertiary/aromatic N) is 2. The molecule has 0 bridgehead atoms. The predicted molar refractivity (Wildman–Crippen MR) is 86.9 cm³/mol. The molecule has 0 saturated carbocycles. The van der Waals surface area contributed by atoms with Crippen molar-refractivity contribution in [2.45, 2.75) is 32.9 Å². The van der Waals surface area contributed by atoms with Crippen LogP contribution in [0.5, 0.6) is 0 Å². The quantitative estimate of drug-likeness (QED) is 0.853.